The first-order chi connectivity index (χ1) is 9.02. The van der Waals surface area contributed by atoms with Gasteiger partial charge in [-0.3, -0.25) is 0 Å². The normalized spacial score (nSPS) is 11.1. The molecule has 0 aliphatic carbocycles. The van der Waals surface area contributed by atoms with Crippen LogP contribution in [0.2, 0.25) is 10.0 Å². The summed E-state index contributed by atoms with van der Waals surface area (Å²) < 4.78 is 0. The van der Waals surface area contributed by atoms with Gasteiger partial charge in [-0.2, -0.15) is 0 Å². The molecule has 0 aliphatic heterocycles. The van der Waals surface area contributed by atoms with E-state index in [1.807, 2.05) is 0 Å². The Labute approximate surface area is 130 Å². The molecule has 0 atom stereocenters. The zero-order chi connectivity index (χ0) is 14.0. The molecule has 6 heteroatoms. The third-order valence-electron chi connectivity index (χ3n) is 2.61. The first-order valence-electron chi connectivity index (χ1n) is 5.76. The summed E-state index contributed by atoms with van der Waals surface area (Å²) in [6.45, 7) is 4.18. The number of pyridine rings is 1. The maximum atomic E-state index is 6.13. The molecule has 2 aromatic heterocycles. The van der Waals surface area contributed by atoms with E-state index in [2.05, 4.69) is 44.7 Å². The Kier molecular flexibility index (Phi) is 4.76. The van der Waals surface area contributed by atoms with Crippen LogP contribution in [0.25, 0.3) is 11.5 Å². The van der Waals surface area contributed by atoms with Crippen LogP contribution in [0, 0.1) is 0 Å². The van der Waals surface area contributed by atoms with Crippen LogP contribution >= 0.6 is 39.1 Å². The molecule has 0 N–H and O–H groups in total. The Morgan fingerprint density at radius 1 is 1.21 bits per heavy atom. The van der Waals surface area contributed by atoms with Crippen molar-refractivity contribution in [2.75, 3.05) is 0 Å². The zero-order valence-corrected chi connectivity index (χ0v) is 13.6. The van der Waals surface area contributed by atoms with E-state index < -0.39 is 0 Å². The van der Waals surface area contributed by atoms with Gasteiger partial charge in [-0.25, -0.2) is 15.0 Å². The Bertz CT molecular complexity index is 602. The second kappa shape index (κ2) is 6.16. The Balaban J connectivity index is 2.54. The minimum Gasteiger partial charge on any atom is -0.250 e. The molecule has 2 heterocycles. The summed E-state index contributed by atoms with van der Waals surface area (Å²) in [7, 11) is 0. The maximum Gasteiger partial charge on any atom is 0.179 e. The van der Waals surface area contributed by atoms with Crippen LogP contribution in [0.15, 0.2) is 18.5 Å². The second-order valence-corrected chi connectivity index (χ2v) is 5.78. The number of aromatic nitrogens is 3. The van der Waals surface area contributed by atoms with E-state index in [1.165, 1.54) is 0 Å². The molecule has 2 aromatic rings. The fourth-order valence-electron chi connectivity index (χ4n) is 1.72. The first-order valence-corrected chi connectivity index (χ1v) is 7.64. The van der Waals surface area contributed by atoms with Crippen molar-refractivity contribution in [1.82, 2.24) is 15.0 Å². The van der Waals surface area contributed by atoms with Crippen LogP contribution in [0.1, 0.15) is 31.0 Å². The van der Waals surface area contributed by atoms with E-state index in [9.17, 15) is 0 Å². The van der Waals surface area contributed by atoms with Crippen LogP contribution in [-0.4, -0.2) is 15.0 Å². The van der Waals surface area contributed by atoms with E-state index in [-0.39, 0.29) is 0 Å². The van der Waals surface area contributed by atoms with Crippen LogP contribution in [0.5, 0.6) is 0 Å². The molecule has 3 nitrogen and oxygen atoms in total. The molecule has 0 radical (unpaired) electrons. The summed E-state index contributed by atoms with van der Waals surface area (Å²) in [5.41, 5.74) is 2.62. The fourth-order valence-corrected chi connectivity index (χ4v) is 2.61. The lowest BCUT2D eigenvalue weighted by molar-refractivity contribution is 0.802. The average Bonchev–Trinajstić information content (AvgIpc) is 2.38. The van der Waals surface area contributed by atoms with Gasteiger partial charge in [-0.05, 0) is 12.0 Å². The number of rotatable bonds is 3. The Morgan fingerprint density at radius 2 is 1.95 bits per heavy atom. The summed E-state index contributed by atoms with van der Waals surface area (Å²) in [5.74, 6) is 0.829. The van der Waals surface area contributed by atoms with Gasteiger partial charge in [-0.15, -0.1) is 0 Å². The number of hydrogen-bond acceptors (Lipinski definition) is 3. The summed E-state index contributed by atoms with van der Waals surface area (Å²) >= 11 is 15.4. The van der Waals surface area contributed by atoms with Gasteiger partial charge < -0.3 is 0 Å². The molecule has 100 valence electrons. The number of halogens is 3. The molecule has 0 saturated heterocycles. The highest BCUT2D eigenvalue weighted by Gasteiger charge is 2.14. The smallest absolute Gasteiger partial charge is 0.179 e. The molecule has 0 aromatic carbocycles. The van der Waals surface area contributed by atoms with Gasteiger partial charge in [0.1, 0.15) is 5.69 Å². The predicted molar refractivity (Wildman–Crippen MR) is 82.0 cm³/mol. The minimum atomic E-state index is 0.306. The Hall–Kier alpha value is -0.710. The maximum absolute atomic E-state index is 6.13. The van der Waals surface area contributed by atoms with Crippen molar-refractivity contribution in [3.63, 3.8) is 0 Å². The quantitative estimate of drug-likeness (QED) is 0.733. The second-order valence-electron chi connectivity index (χ2n) is 4.38. The average molecular weight is 361 g/mol. The standard InChI is InChI=1S/C13H12BrCl2N3/c1-7(2)11-8(4-14)5-18-13(19-11)12-10(16)3-9(15)6-17-12/h3,5-7H,4H2,1-2H3. The van der Waals surface area contributed by atoms with E-state index in [0.29, 0.717) is 27.5 Å². The zero-order valence-electron chi connectivity index (χ0n) is 10.5. The van der Waals surface area contributed by atoms with Gasteiger partial charge in [0, 0.05) is 23.3 Å². The number of alkyl halides is 1. The van der Waals surface area contributed by atoms with Gasteiger partial charge >= 0.3 is 0 Å². The molecule has 0 unspecified atom stereocenters. The molecule has 0 bridgehead atoms. The molecule has 19 heavy (non-hydrogen) atoms. The summed E-state index contributed by atoms with van der Waals surface area (Å²) in [6, 6.07) is 1.64. The summed E-state index contributed by atoms with van der Waals surface area (Å²) in [6.07, 6.45) is 3.35. The third kappa shape index (κ3) is 3.25. The van der Waals surface area contributed by atoms with Gasteiger partial charge in [0.25, 0.3) is 0 Å². The van der Waals surface area contributed by atoms with Crippen molar-refractivity contribution in [3.8, 4) is 11.5 Å². The van der Waals surface area contributed by atoms with Crippen LogP contribution in [-0.2, 0) is 5.33 Å². The molecule has 0 saturated carbocycles. The number of hydrogen-bond donors (Lipinski definition) is 0. The Morgan fingerprint density at radius 3 is 2.53 bits per heavy atom. The molecule has 0 spiro atoms. The van der Waals surface area contributed by atoms with E-state index in [1.54, 1.807) is 18.5 Å². The van der Waals surface area contributed by atoms with Crippen molar-refractivity contribution in [3.05, 3.63) is 39.8 Å². The lowest BCUT2D eigenvalue weighted by atomic mass is 10.1. The molecule has 0 fully saturated rings. The lowest BCUT2D eigenvalue weighted by Gasteiger charge is -2.11. The first kappa shape index (κ1) is 14.7. The van der Waals surface area contributed by atoms with E-state index >= 15 is 0 Å². The highest BCUT2D eigenvalue weighted by Crippen LogP contribution is 2.27. The van der Waals surface area contributed by atoms with Crippen molar-refractivity contribution >= 4 is 39.1 Å². The van der Waals surface area contributed by atoms with Crippen LogP contribution < -0.4 is 0 Å². The molecule has 0 aliphatic rings. The SMILES string of the molecule is CC(C)c1nc(-c2ncc(Cl)cc2Cl)ncc1CBr. The van der Waals surface area contributed by atoms with Crippen LogP contribution in [0.4, 0.5) is 0 Å². The van der Waals surface area contributed by atoms with E-state index in [4.69, 9.17) is 23.2 Å². The van der Waals surface area contributed by atoms with Crippen molar-refractivity contribution in [2.45, 2.75) is 25.1 Å². The summed E-state index contributed by atoms with van der Waals surface area (Å²) in [5, 5.41) is 1.67. The van der Waals surface area contributed by atoms with Gasteiger partial charge in [0.15, 0.2) is 5.82 Å². The molecular weight excluding hydrogens is 349 g/mol. The van der Waals surface area contributed by atoms with Crippen molar-refractivity contribution in [2.24, 2.45) is 0 Å². The van der Waals surface area contributed by atoms with Gasteiger partial charge in [-0.1, -0.05) is 53.0 Å². The van der Waals surface area contributed by atoms with Crippen molar-refractivity contribution < 1.29 is 0 Å². The molecular formula is C13H12BrCl2N3. The minimum absolute atomic E-state index is 0.306. The highest BCUT2D eigenvalue weighted by molar-refractivity contribution is 9.08. The largest absolute Gasteiger partial charge is 0.250 e. The topological polar surface area (TPSA) is 38.7 Å². The monoisotopic (exact) mass is 359 g/mol. The molecule has 0 amide bonds. The third-order valence-corrected chi connectivity index (χ3v) is 3.71. The highest BCUT2D eigenvalue weighted by atomic mass is 79.9. The predicted octanol–water partition coefficient (Wildman–Crippen LogP) is 4.86. The van der Waals surface area contributed by atoms with Crippen molar-refractivity contribution in [1.29, 1.82) is 0 Å². The lowest BCUT2D eigenvalue weighted by Crippen LogP contribution is -2.03. The van der Waals surface area contributed by atoms with E-state index in [0.717, 1.165) is 16.6 Å². The van der Waals surface area contributed by atoms with Gasteiger partial charge in [0.2, 0.25) is 0 Å². The summed E-state index contributed by atoms with van der Waals surface area (Å²) in [4.78, 5) is 13.1. The molecule has 2 rings (SSSR count). The van der Waals surface area contributed by atoms with Gasteiger partial charge in [0.05, 0.1) is 15.7 Å². The fraction of sp³-hybridized carbons (Fsp3) is 0.308. The number of nitrogens with zero attached hydrogens (tertiary/aromatic N) is 3. The van der Waals surface area contributed by atoms with Crippen LogP contribution in [0.3, 0.4) is 0 Å².